The van der Waals surface area contributed by atoms with E-state index in [4.69, 9.17) is 9.47 Å². The Morgan fingerprint density at radius 1 is 1.24 bits per heavy atom. The summed E-state index contributed by atoms with van der Waals surface area (Å²) < 4.78 is 9.98. The molecule has 0 aliphatic heterocycles. The van der Waals surface area contributed by atoms with E-state index >= 15 is 0 Å². The lowest BCUT2D eigenvalue weighted by Crippen LogP contribution is -2.28. The minimum Gasteiger partial charge on any atom is -0.497 e. The van der Waals surface area contributed by atoms with Crippen molar-refractivity contribution in [3.05, 3.63) is 29.8 Å². The first kappa shape index (κ1) is 13.0. The van der Waals surface area contributed by atoms with Crippen LogP contribution in [0.2, 0.25) is 0 Å². The molecule has 1 aromatic carbocycles. The molecule has 5 heteroatoms. The number of methoxy groups -OCH3 is 1. The molecule has 1 atom stereocenters. The molecule has 5 nitrogen and oxygen atoms in total. The van der Waals surface area contributed by atoms with Crippen LogP contribution >= 0.6 is 0 Å². The average molecular weight is 237 g/mol. The van der Waals surface area contributed by atoms with Crippen LogP contribution in [0, 0.1) is 0 Å². The number of rotatable bonds is 4. The molecule has 17 heavy (non-hydrogen) atoms. The minimum atomic E-state index is -0.927. The molecule has 0 saturated carbocycles. The highest BCUT2D eigenvalue weighted by Gasteiger charge is 2.22. The van der Waals surface area contributed by atoms with Gasteiger partial charge in [0.15, 0.2) is 0 Å². The number of nitrogens with one attached hydrogen (secondary N) is 1. The van der Waals surface area contributed by atoms with Crippen molar-refractivity contribution in [2.45, 2.75) is 13.0 Å². The summed E-state index contributed by atoms with van der Waals surface area (Å²) >= 11 is 0. The van der Waals surface area contributed by atoms with Gasteiger partial charge in [-0.15, -0.1) is 0 Å². The highest BCUT2D eigenvalue weighted by molar-refractivity contribution is 5.84. The SMILES string of the molecule is CNC(=O)C(OC(C)=O)c1ccc(OC)cc1. The van der Waals surface area contributed by atoms with E-state index in [-0.39, 0.29) is 5.91 Å². The maximum Gasteiger partial charge on any atom is 0.303 e. The van der Waals surface area contributed by atoms with Gasteiger partial charge in [0.25, 0.3) is 5.91 Å². The molecule has 0 fully saturated rings. The van der Waals surface area contributed by atoms with Crippen LogP contribution < -0.4 is 10.1 Å². The topological polar surface area (TPSA) is 64.6 Å². The Balaban J connectivity index is 2.95. The Labute approximate surface area is 99.7 Å². The van der Waals surface area contributed by atoms with E-state index < -0.39 is 12.1 Å². The van der Waals surface area contributed by atoms with Gasteiger partial charge in [0.05, 0.1) is 7.11 Å². The summed E-state index contributed by atoms with van der Waals surface area (Å²) in [5.74, 6) is -0.202. The predicted molar refractivity (Wildman–Crippen MR) is 61.6 cm³/mol. The van der Waals surface area contributed by atoms with Crippen LogP contribution in [-0.4, -0.2) is 26.0 Å². The summed E-state index contributed by atoms with van der Waals surface area (Å²) in [7, 11) is 3.04. The molecule has 1 amide bonds. The summed E-state index contributed by atoms with van der Waals surface area (Å²) in [4.78, 5) is 22.5. The zero-order valence-corrected chi connectivity index (χ0v) is 10.0. The van der Waals surface area contributed by atoms with E-state index in [1.807, 2.05) is 0 Å². The number of carbonyl (C=O) groups excluding carboxylic acids is 2. The van der Waals surface area contributed by atoms with E-state index in [0.717, 1.165) is 0 Å². The number of hydrogen-bond donors (Lipinski definition) is 1. The van der Waals surface area contributed by atoms with Crippen LogP contribution in [0.1, 0.15) is 18.6 Å². The number of hydrogen-bond acceptors (Lipinski definition) is 4. The summed E-state index contributed by atoms with van der Waals surface area (Å²) in [6, 6.07) is 6.77. The molecular formula is C12H15NO4. The molecule has 1 unspecified atom stereocenters. The molecule has 0 aliphatic carbocycles. The normalized spacial score (nSPS) is 11.5. The standard InChI is InChI=1S/C12H15NO4/c1-8(14)17-11(12(15)13-2)9-4-6-10(16-3)7-5-9/h4-7,11H,1-3H3,(H,13,15). The summed E-state index contributed by atoms with van der Waals surface area (Å²) in [6.45, 7) is 1.26. The van der Waals surface area contributed by atoms with E-state index in [9.17, 15) is 9.59 Å². The number of likely N-dealkylation sites (N-methyl/N-ethyl adjacent to an activating group) is 1. The first-order chi connectivity index (χ1) is 8.08. The fourth-order valence-electron chi connectivity index (χ4n) is 1.35. The van der Waals surface area contributed by atoms with Gasteiger partial charge in [0.1, 0.15) is 5.75 Å². The second-order valence-corrected chi connectivity index (χ2v) is 3.38. The third-order valence-corrected chi connectivity index (χ3v) is 2.19. The van der Waals surface area contributed by atoms with E-state index in [0.29, 0.717) is 11.3 Å². The summed E-state index contributed by atoms with van der Waals surface area (Å²) in [5, 5.41) is 2.45. The quantitative estimate of drug-likeness (QED) is 0.795. The van der Waals surface area contributed by atoms with Crippen LogP contribution in [0.3, 0.4) is 0 Å². The Kier molecular flexibility index (Phi) is 4.51. The number of amides is 1. The van der Waals surface area contributed by atoms with Gasteiger partial charge in [-0.25, -0.2) is 0 Å². The number of benzene rings is 1. The molecular weight excluding hydrogens is 222 g/mol. The zero-order chi connectivity index (χ0) is 12.8. The monoisotopic (exact) mass is 237 g/mol. The highest BCUT2D eigenvalue weighted by Crippen LogP contribution is 2.21. The number of carbonyl (C=O) groups is 2. The Morgan fingerprint density at radius 3 is 2.24 bits per heavy atom. The largest absolute Gasteiger partial charge is 0.497 e. The van der Waals surface area contributed by atoms with Gasteiger partial charge in [-0.1, -0.05) is 12.1 Å². The van der Waals surface area contributed by atoms with Gasteiger partial charge in [-0.2, -0.15) is 0 Å². The van der Waals surface area contributed by atoms with E-state index in [2.05, 4.69) is 5.32 Å². The third-order valence-electron chi connectivity index (χ3n) is 2.19. The lowest BCUT2D eigenvalue weighted by Gasteiger charge is -2.15. The van der Waals surface area contributed by atoms with Crippen LogP contribution in [-0.2, 0) is 14.3 Å². The molecule has 0 bridgehead atoms. The summed E-state index contributed by atoms with van der Waals surface area (Å²) in [6.07, 6.45) is -0.927. The van der Waals surface area contributed by atoms with Gasteiger partial charge < -0.3 is 14.8 Å². The first-order valence-corrected chi connectivity index (χ1v) is 5.11. The van der Waals surface area contributed by atoms with Gasteiger partial charge in [0.2, 0.25) is 6.10 Å². The van der Waals surface area contributed by atoms with Crippen LogP contribution in [0.15, 0.2) is 24.3 Å². The molecule has 0 saturated heterocycles. The maximum absolute atomic E-state index is 11.6. The van der Waals surface area contributed by atoms with Gasteiger partial charge in [0, 0.05) is 19.5 Å². The molecule has 1 aromatic rings. The lowest BCUT2D eigenvalue weighted by molar-refractivity contribution is -0.154. The highest BCUT2D eigenvalue weighted by atomic mass is 16.5. The molecule has 0 spiro atoms. The average Bonchev–Trinajstić information content (AvgIpc) is 2.35. The van der Waals surface area contributed by atoms with Crippen molar-refractivity contribution in [2.24, 2.45) is 0 Å². The maximum atomic E-state index is 11.6. The Morgan fingerprint density at radius 2 is 1.82 bits per heavy atom. The Hall–Kier alpha value is -2.04. The smallest absolute Gasteiger partial charge is 0.303 e. The summed E-state index contributed by atoms with van der Waals surface area (Å²) in [5.41, 5.74) is 0.598. The van der Waals surface area contributed by atoms with Crippen molar-refractivity contribution >= 4 is 11.9 Å². The zero-order valence-electron chi connectivity index (χ0n) is 10.0. The second-order valence-electron chi connectivity index (χ2n) is 3.38. The molecule has 0 aromatic heterocycles. The van der Waals surface area contributed by atoms with Crippen molar-refractivity contribution < 1.29 is 19.1 Å². The minimum absolute atomic E-state index is 0.370. The fraction of sp³-hybridized carbons (Fsp3) is 0.333. The first-order valence-electron chi connectivity index (χ1n) is 5.11. The van der Waals surface area contributed by atoms with E-state index in [1.165, 1.54) is 14.0 Å². The van der Waals surface area contributed by atoms with Gasteiger partial charge in [-0.05, 0) is 12.1 Å². The Bertz CT molecular complexity index is 399. The molecule has 92 valence electrons. The molecule has 1 rings (SSSR count). The second kappa shape index (κ2) is 5.89. The van der Waals surface area contributed by atoms with Gasteiger partial charge in [-0.3, -0.25) is 9.59 Å². The van der Waals surface area contributed by atoms with Crippen molar-refractivity contribution in [2.75, 3.05) is 14.2 Å². The van der Waals surface area contributed by atoms with Crippen molar-refractivity contribution in [3.63, 3.8) is 0 Å². The predicted octanol–water partition coefficient (Wildman–Crippen LogP) is 1.05. The lowest BCUT2D eigenvalue weighted by atomic mass is 10.1. The third kappa shape index (κ3) is 3.48. The molecule has 1 N–H and O–H groups in total. The van der Waals surface area contributed by atoms with Gasteiger partial charge >= 0.3 is 5.97 Å². The number of ether oxygens (including phenoxy) is 2. The number of esters is 1. The van der Waals surface area contributed by atoms with Crippen LogP contribution in [0.25, 0.3) is 0 Å². The van der Waals surface area contributed by atoms with E-state index in [1.54, 1.807) is 31.4 Å². The van der Waals surface area contributed by atoms with Crippen molar-refractivity contribution in [1.29, 1.82) is 0 Å². The molecule has 0 heterocycles. The van der Waals surface area contributed by atoms with Crippen LogP contribution in [0.5, 0.6) is 5.75 Å². The van der Waals surface area contributed by atoms with Crippen molar-refractivity contribution in [1.82, 2.24) is 5.32 Å². The van der Waals surface area contributed by atoms with Crippen LogP contribution in [0.4, 0.5) is 0 Å². The van der Waals surface area contributed by atoms with Crippen molar-refractivity contribution in [3.8, 4) is 5.75 Å². The molecule has 0 aliphatic rings. The molecule has 0 radical (unpaired) electrons. The fourth-order valence-corrected chi connectivity index (χ4v) is 1.35.